The van der Waals surface area contributed by atoms with Gasteiger partial charge in [0, 0.05) is 13.0 Å². The van der Waals surface area contributed by atoms with Gasteiger partial charge in [-0.2, -0.15) is 4.31 Å². The molecule has 1 aliphatic rings. The van der Waals surface area contributed by atoms with Gasteiger partial charge in [-0.15, -0.1) is 0 Å². The van der Waals surface area contributed by atoms with Gasteiger partial charge in [-0.3, -0.25) is 0 Å². The van der Waals surface area contributed by atoms with Crippen LogP contribution in [0.5, 0.6) is 0 Å². The van der Waals surface area contributed by atoms with Crippen LogP contribution >= 0.6 is 0 Å². The maximum absolute atomic E-state index is 12.4. The summed E-state index contributed by atoms with van der Waals surface area (Å²) in [6.45, 7) is 2.15. The summed E-state index contributed by atoms with van der Waals surface area (Å²) >= 11 is 0. The molecule has 0 aromatic carbocycles. The quantitative estimate of drug-likeness (QED) is 0.755. The molecule has 8 nitrogen and oxygen atoms in total. The van der Waals surface area contributed by atoms with Gasteiger partial charge in [-0.1, -0.05) is 6.92 Å². The van der Waals surface area contributed by atoms with Gasteiger partial charge >= 0.3 is 5.97 Å². The number of morpholine rings is 1. The van der Waals surface area contributed by atoms with Crippen LogP contribution < -0.4 is 0 Å². The molecule has 1 fully saturated rings. The van der Waals surface area contributed by atoms with Crippen LogP contribution in [0.4, 0.5) is 0 Å². The Bertz CT molecular complexity index is 583. The van der Waals surface area contributed by atoms with Crippen molar-refractivity contribution in [1.29, 1.82) is 0 Å². The predicted octanol–water partition coefficient (Wildman–Crippen LogP) is -0.465. The molecular weight excluding hydrogens is 286 g/mol. The number of aromatic amines is 1. The fourth-order valence-electron chi connectivity index (χ4n) is 1.91. The number of sulfonamides is 1. The second-order valence-corrected chi connectivity index (χ2v) is 6.20. The largest absolute Gasteiger partial charge is 0.467 e. The van der Waals surface area contributed by atoms with E-state index in [0.29, 0.717) is 12.2 Å². The van der Waals surface area contributed by atoms with Crippen molar-refractivity contribution in [3.63, 3.8) is 0 Å². The number of hydrogen-bond acceptors (Lipinski definition) is 6. The van der Waals surface area contributed by atoms with Crippen LogP contribution in [0.3, 0.4) is 0 Å². The van der Waals surface area contributed by atoms with Crippen molar-refractivity contribution in [1.82, 2.24) is 14.3 Å². The number of nitrogens with one attached hydrogen (secondary N) is 1. The van der Waals surface area contributed by atoms with E-state index in [2.05, 4.69) is 14.7 Å². The minimum absolute atomic E-state index is 0.0277. The fraction of sp³-hybridized carbons (Fsp3) is 0.636. The number of hydrogen-bond donors (Lipinski definition) is 1. The van der Waals surface area contributed by atoms with Gasteiger partial charge in [-0.05, 0) is 0 Å². The van der Waals surface area contributed by atoms with Crippen molar-refractivity contribution in [2.75, 3.05) is 26.8 Å². The number of ether oxygens (including phenoxy) is 2. The Labute approximate surface area is 117 Å². The van der Waals surface area contributed by atoms with Gasteiger partial charge in [-0.25, -0.2) is 18.2 Å². The van der Waals surface area contributed by atoms with Crippen molar-refractivity contribution >= 4 is 16.0 Å². The van der Waals surface area contributed by atoms with Crippen molar-refractivity contribution < 1.29 is 22.7 Å². The van der Waals surface area contributed by atoms with Crippen LogP contribution in [0.2, 0.25) is 0 Å². The topological polar surface area (TPSA) is 102 Å². The van der Waals surface area contributed by atoms with Crippen LogP contribution in [0.25, 0.3) is 0 Å². The van der Waals surface area contributed by atoms with E-state index in [1.54, 1.807) is 0 Å². The molecular formula is C11H17N3O5S. The summed E-state index contributed by atoms with van der Waals surface area (Å²) in [5, 5.41) is 0.0277. The summed E-state index contributed by atoms with van der Waals surface area (Å²) in [5.41, 5.74) is 0. The molecule has 1 aromatic heterocycles. The number of imidazole rings is 1. The van der Waals surface area contributed by atoms with E-state index in [0.717, 1.165) is 0 Å². The van der Waals surface area contributed by atoms with Gasteiger partial charge in [0.25, 0.3) is 10.0 Å². The third kappa shape index (κ3) is 2.84. The Balaban J connectivity index is 2.18. The van der Waals surface area contributed by atoms with Crippen LogP contribution in [0, 0.1) is 0 Å². The smallest absolute Gasteiger partial charge is 0.336 e. The highest BCUT2D eigenvalue weighted by Crippen LogP contribution is 2.17. The normalized spacial score (nSPS) is 20.8. The number of carbonyl (C=O) groups is 1. The van der Waals surface area contributed by atoms with Crippen molar-refractivity contribution in [3.8, 4) is 0 Å². The molecule has 0 radical (unpaired) electrons. The minimum atomic E-state index is -3.70. The molecule has 1 N–H and O–H groups in total. The zero-order valence-corrected chi connectivity index (χ0v) is 12.1. The molecule has 0 spiro atoms. The van der Waals surface area contributed by atoms with Gasteiger partial charge in [0.05, 0.1) is 26.5 Å². The molecule has 2 heterocycles. The lowest BCUT2D eigenvalue weighted by Gasteiger charge is -2.30. The highest BCUT2D eigenvalue weighted by Gasteiger charge is 2.35. The van der Waals surface area contributed by atoms with E-state index in [4.69, 9.17) is 4.74 Å². The molecule has 9 heteroatoms. The van der Waals surface area contributed by atoms with Crippen molar-refractivity contribution in [2.45, 2.75) is 24.5 Å². The minimum Gasteiger partial charge on any atom is -0.467 e. The molecule has 0 aliphatic carbocycles. The average Bonchev–Trinajstić information content (AvgIpc) is 2.96. The number of carbonyl (C=O) groups excluding carboxylic acids is 1. The van der Waals surface area contributed by atoms with E-state index in [1.165, 1.54) is 17.6 Å². The first-order valence-electron chi connectivity index (χ1n) is 6.22. The zero-order chi connectivity index (χ0) is 14.8. The number of methoxy groups -OCH3 is 1. The summed E-state index contributed by atoms with van der Waals surface area (Å²) in [6.07, 6.45) is 1.01. The maximum atomic E-state index is 12.4. The van der Waals surface area contributed by atoms with Crippen LogP contribution in [0.15, 0.2) is 11.2 Å². The molecule has 0 amide bonds. The average molecular weight is 303 g/mol. The Kier molecular flexibility index (Phi) is 4.41. The molecule has 0 saturated carbocycles. The van der Waals surface area contributed by atoms with Gasteiger partial charge in [0.1, 0.15) is 5.82 Å². The highest BCUT2D eigenvalue weighted by atomic mass is 32.2. The molecule has 20 heavy (non-hydrogen) atoms. The number of esters is 1. The summed E-state index contributed by atoms with van der Waals surface area (Å²) in [4.78, 5) is 18.2. The third-order valence-corrected chi connectivity index (χ3v) is 4.83. The molecule has 0 bridgehead atoms. The molecule has 1 saturated heterocycles. The van der Waals surface area contributed by atoms with Gasteiger partial charge < -0.3 is 14.5 Å². The summed E-state index contributed by atoms with van der Waals surface area (Å²) in [6, 6.07) is 0. The van der Waals surface area contributed by atoms with Crippen molar-refractivity contribution in [3.05, 3.63) is 12.0 Å². The van der Waals surface area contributed by atoms with E-state index < -0.39 is 22.1 Å². The predicted molar refractivity (Wildman–Crippen MR) is 68.5 cm³/mol. The zero-order valence-electron chi connectivity index (χ0n) is 11.3. The first-order chi connectivity index (χ1) is 9.48. The Hall–Kier alpha value is -1.45. The van der Waals surface area contributed by atoms with Gasteiger partial charge in [0.15, 0.2) is 11.1 Å². The SMILES string of the molecule is CCc1ncc(S(=O)(=O)N2CCOC(C(=O)OC)C2)[nH]1. The summed E-state index contributed by atoms with van der Waals surface area (Å²) < 4.78 is 35.8. The summed E-state index contributed by atoms with van der Waals surface area (Å²) in [5.74, 6) is 0.0186. The monoisotopic (exact) mass is 303 g/mol. The van der Waals surface area contributed by atoms with E-state index in [-0.39, 0.29) is 24.7 Å². The molecule has 1 unspecified atom stereocenters. The van der Waals surface area contributed by atoms with Crippen LogP contribution in [-0.2, 0) is 30.7 Å². The Morgan fingerprint density at radius 2 is 2.40 bits per heavy atom. The first-order valence-corrected chi connectivity index (χ1v) is 7.66. The second-order valence-electron chi connectivity index (χ2n) is 4.29. The van der Waals surface area contributed by atoms with Crippen molar-refractivity contribution in [2.24, 2.45) is 0 Å². The second kappa shape index (κ2) is 5.90. The first kappa shape index (κ1) is 14.9. The van der Waals surface area contributed by atoms with Gasteiger partial charge in [0.2, 0.25) is 0 Å². The lowest BCUT2D eigenvalue weighted by Crippen LogP contribution is -2.48. The number of aromatic nitrogens is 2. The lowest BCUT2D eigenvalue weighted by atomic mass is 10.3. The molecule has 1 atom stereocenters. The van der Waals surface area contributed by atoms with Crippen LogP contribution in [-0.4, -0.2) is 61.6 Å². The Morgan fingerprint density at radius 3 is 3.00 bits per heavy atom. The highest BCUT2D eigenvalue weighted by molar-refractivity contribution is 7.89. The summed E-state index contributed by atoms with van der Waals surface area (Å²) in [7, 11) is -2.46. The maximum Gasteiger partial charge on any atom is 0.336 e. The lowest BCUT2D eigenvalue weighted by molar-refractivity contribution is -0.157. The van der Waals surface area contributed by atoms with Crippen LogP contribution in [0.1, 0.15) is 12.7 Å². The Morgan fingerprint density at radius 1 is 1.65 bits per heavy atom. The standard InChI is InChI=1S/C11H17N3O5S/c1-3-9-12-6-10(13-9)20(16,17)14-4-5-19-8(7-14)11(15)18-2/h6,8H,3-5,7H2,1-2H3,(H,12,13). The number of nitrogens with zero attached hydrogens (tertiary/aromatic N) is 2. The molecule has 112 valence electrons. The number of H-pyrrole nitrogens is 1. The molecule has 2 rings (SSSR count). The van der Waals surface area contributed by atoms with E-state index in [9.17, 15) is 13.2 Å². The fourth-order valence-corrected chi connectivity index (χ4v) is 3.27. The molecule has 1 aromatic rings. The molecule has 1 aliphatic heterocycles. The van der Waals surface area contributed by atoms with E-state index >= 15 is 0 Å². The third-order valence-electron chi connectivity index (χ3n) is 3.05. The number of rotatable bonds is 4. The van der Waals surface area contributed by atoms with E-state index in [1.807, 2.05) is 6.92 Å². The number of aryl methyl sites for hydroxylation is 1.